The van der Waals surface area contributed by atoms with Gasteiger partial charge in [0.05, 0.1) is 5.56 Å². The maximum Gasteiger partial charge on any atom is 0.335 e. The van der Waals surface area contributed by atoms with E-state index in [1.165, 1.54) is 12.1 Å². The lowest BCUT2D eigenvalue weighted by atomic mass is 10.2. The highest BCUT2D eigenvalue weighted by Gasteiger charge is 2.09. The Labute approximate surface area is 113 Å². The van der Waals surface area contributed by atoms with Crippen molar-refractivity contribution >= 4 is 17.7 Å². The van der Waals surface area contributed by atoms with Gasteiger partial charge in [0.25, 0.3) is 0 Å². The predicted molar refractivity (Wildman–Crippen MR) is 74.6 cm³/mol. The lowest BCUT2D eigenvalue weighted by Gasteiger charge is -2.17. The number of carbonyl (C=O) groups is 2. The third kappa shape index (κ3) is 4.99. The molecule has 1 aromatic rings. The molecule has 0 aliphatic rings. The van der Waals surface area contributed by atoms with Crippen LogP contribution in [0.25, 0.3) is 0 Å². The summed E-state index contributed by atoms with van der Waals surface area (Å²) in [5.74, 6) is -1.01. The lowest BCUT2D eigenvalue weighted by Crippen LogP contribution is -2.32. The molecule has 0 heterocycles. The second-order valence-electron chi connectivity index (χ2n) is 4.44. The summed E-state index contributed by atoms with van der Waals surface area (Å²) in [4.78, 5) is 24.3. The van der Waals surface area contributed by atoms with Crippen LogP contribution in [0.2, 0.25) is 0 Å². The smallest absolute Gasteiger partial charge is 0.335 e. The van der Waals surface area contributed by atoms with E-state index < -0.39 is 5.97 Å². The SMILES string of the molecule is CCCCCN(C)C(=O)Nc1cccc(C(=O)O)c1. The van der Waals surface area contributed by atoms with Crippen LogP contribution in [0.15, 0.2) is 24.3 Å². The number of amides is 2. The summed E-state index contributed by atoms with van der Waals surface area (Å²) in [6.07, 6.45) is 3.16. The molecule has 1 aromatic carbocycles. The van der Waals surface area contributed by atoms with Crippen LogP contribution in [0.1, 0.15) is 36.5 Å². The fourth-order valence-electron chi connectivity index (χ4n) is 1.65. The largest absolute Gasteiger partial charge is 0.478 e. The highest BCUT2D eigenvalue weighted by molar-refractivity contribution is 5.93. The minimum atomic E-state index is -1.01. The van der Waals surface area contributed by atoms with Gasteiger partial charge < -0.3 is 15.3 Å². The quantitative estimate of drug-likeness (QED) is 0.776. The molecule has 0 aliphatic heterocycles. The minimum Gasteiger partial charge on any atom is -0.478 e. The van der Waals surface area contributed by atoms with Gasteiger partial charge in [0.2, 0.25) is 0 Å². The normalized spacial score (nSPS) is 10.0. The van der Waals surface area contributed by atoms with Crippen molar-refractivity contribution in [3.63, 3.8) is 0 Å². The van der Waals surface area contributed by atoms with E-state index >= 15 is 0 Å². The number of aromatic carboxylic acids is 1. The van der Waals surface area contributed by atoms with E-state index in [1.54, 1.807) is 24.1 Å². The molecule has 0 unspecified atom stereocenters. The number of hydrogen-bond donors (Lipinski definition) is 2. The van der Waals surface area contributed by atoms with Crippen LogP contribution in [0.5, 0.6) is 0 Å². The third-order valence-electron chi connectivity index (χ3n) is 2.80. The van der Waals surface area contributed by atoms with E-state index in [-0.39, 0.29) is 11.6 Å². The zero-order valence-electron chi connectivity index (χ0n) is 11.3. The van der Waals surface area contributed by atoms with E-state index in [2.05, 4.69) is 12.2 Å². The highest BCUT2D eigenvalue weighted by Crippen LogP contribution is 2.11. The molecule has 0 bridgehead atoms. The topological polar surface area (TPSA) is 69.6 Å². The first kappa shape index (κ1) is 15.0. The Kier molecular flexibility index (Phi) is 5.85. The Morgan fingerprint density at radius 1 is 1.32 bits per heavy atom. The number of carbonyl (C=O) groups excluding carboxylic acids is 1. The number of unbranched alkanes of at least 4 members (excludes halogenated alkanes) is 2. The van der Waals surface area contributed by atoms with Crippen LogP contribution in [0.3, 0.4) is 0 Å². The second kappa shape index (κ2) is 7.41. The molecular formula is C14H20N2O3. The molecule has 5 nitrogen and oxygen atoms in total. The van der Waals surface area contributed by atoms with Gasteiger partial charge in [-0.05, 0) is 24.6 Å². The van der Waals surface area contributed by atoms with E-state index in [9.17, 15) is 9.59 Å². The van der Waals surface area contributed by atoms with Crippen molar-refractivity contribution in [2.24, 2.45) is 0 Å². The maximum atomic E-state index is 11.9. The zero-order valence-corrected chi connectivity index (χ0v) is 11.3. The number of urea groups is 1. The van der Waals surface area contributed by atoms with Gasteiger partial charge in [0.15, 0.2) is 0 Å². The molecule has 104 valence electrons. The van der Waals surface area contributed by atoms with Crippen molar-refractivity contribution in [3.05, 3.63) is 29.8 Å². The molecule has 2 N–H and O–H groups in total. The standard InChI is InChI=1S/C14H20N2O3/c1-3-4-5-9-16(2)14(19)15-12-8-6-7-11(10-12)13(17)18/h6-8,10H,3-5,9H2,1-2H3,(H,15,19)(H,17,18). The maximum absolute atomic E-state index is 11.9. The molecule has 0 saturated carbocycles. The van der Waals surface area contributed by atoms with Gasteiger partial charge >= 0.3 is 12.0 Å². The zero-order chi connectivity index (χ0) is 14.3. The summed E-state index contributed by atoms with van der Waals surface area (Å²) in [5, 5.41) is 11.6. The molecule has 2 amide bonds. The van der Waals surface area contributed by atoms with Crippen molar-refractivity contribution in [2.45, 2.75) is 26.2 Å². The summed E-state index contributed by atoms with van der Waals surface area (Å²) < 4.78 is 0. The number of carboxylic acids is 1. The molecule has 0 atom stereocenters. The fourth-order valence-corrected chi connectivity index (χ4v) is 1.65. The number of nitrogens with zero attached hydrogens (tertiary/aromatic N) is 1. The van der Waals surface area contributed by atoms with Gasteiger partial charge in [-0.2, -0.15) is 0 Å². The first-order chi connectivity index (χ1) is 9.04. The Balaban J connectivity index is 2.56. The number of nitrogens with one attached hydrogen (secondary N) is 1. The van der Waals surface area contributed by atoms with Crippen molar-refractivity contribution in [3.8, 4) is 0 Å². The number of benzene rings is 1. The molecular weight excluding hydrogens is 244 g/mol. The van der Waals surface area contributed by atoms with Crippen molar-refractivity contribution in [2.75, 3.05) is 18.9 Å². The second-order valence-corrected chi connectivity index (χ2v) is 4.44. The number of anilines is 1. The van der Waals surface area contributed by atoms with Gasteiger partial charge in [-0.3, -0.25) is 0 Å². The average molecular weight is 264 g/mol. The third-order valence-corrected chi connectivity index (χ3v) is 2.80. The summed E-state index contributed by atoms with van der Waals surface area (Å²) in [7, 11) is 1.73. The number of rotatable bonds is 6. The van der Waals surface area contributed by atoms with Gasteiger partial charge in [-0.1, -0.05) is 25.8 Å². The molecule has 0 spiro atoms. The van der Waals surface area contributed by atoms with Crippen molar-refractivity contribution in [1.29, 1.82) is 0 Å². The summed E-state index contributed by atoms with van der Waals surface area (Å²) in [6, 6.07) is 5.99. The van der Waals surface area contributed by atoms with Crippen molar-refractivity contribution < 1.29 is 14.7 Å². The number of carboxylic acid groups (broad SMARTS) is 1. The highest BCUT2D eigenvalue weighted by atomic mass is 16.4. The van der Waals surface area contributed by atoms with Gasteiger partial charge in [0.1, 0.15) is 0 Å². The van der Waals surface area contributed by atoms with Crippen LogP contribution in [-0.2, 0) is 0 Å². The van der Waals surface area contributed by atoms with Crippen LogP contribution in [-0.4, -0.2) is 35.6 Å². The first-order valence-corrected chi connectivity index (χ1v) is 6.40. The molecule has 0 saturated heterocycles. The van der Waals surface area contributed by atoms with Crippen LogP contribution >= 0.6 is 0 Å². The van der Waals surface area contributed by atoms with E-state index in [0.29, 0.717) is 12.2 Å². The Hall–Kier alpha value is -2.04. The molecule has 19 heavy (non-hydrogen) atoms. The van der Waals surface area contributed by atoms with E-state index in [0.717, 1.165) is 19.3 Å². The monoisotopic (exact) mass is 264 g/mol. The Morgan fingerprint density at radius 2 is 2.05 bits per heavy atom. The van der Waals surface area contributed by atoms with Gasteiger partial charge in [0, 0.05) is 19.3 Å². The summed E-state index contributed by atoms with van der Waals surface area (Å²) in [6.45, 7) is 2.80. The summed E-state index contributed by atoms with van der Waals surface area (Å²) >= 11 is 0. The van der Waals surface area contributed by atoms with E-state index in [4.69, 9.17) is 5.11 Å². The molecule has 5 heteroatoms. The first-order valence-electron chi connectivity index (χ1n) is 6.40. The van der Waals surface area contributed by atoms with Crippen LogP contribution < -0.4 is 5.32 Å². The lowest BCUT2D eigenvalue weighted by molar-refractivity contribution is 0.0697. The van der Waals surface area contributed by atoms with Gasteiger partial charge in [-0.15, -0.1) is 0 Å². The average Bonchev–Trinajstić information content (AvgIpc) is 2.39. The molecule has 0 aromatic heterocycles. The fraction of sp³-hybridized carbons (Fsp3) is 0.429. The van der Waals surface area contributed by atoms with Gasteiger partial charge in [-0.25, -0.2) is 9.59 Å². The Bertz CT molecular complexity index is 446. The van der Waals surface area contributed by atoms with Crippen molar-refractivity contribution in [1.82, 2.24) is 4.90 Å². The molecule has 1 rings (SSSR count). The van der Waals surface area contributed by atoms with E-state index in [1.807, 2.05) is 0 Å². The molecule has 0 aliphatic carbocycles. The predicted octanol–water partition coefficient (Wildman–Crippen LogP) is 3.04. The van der Waals surface area contributed by atoms with Crippen LogP contribution in [0.4, 0.5) is 10.5 Å². The Morgan fingerprint density at radius 3 is 2.68 bits per heavy atom. The number of hydrogen-bond acceptors (Lipinski definition) is 2. The molecule has 0 fully saturated rings. The van der Waals surface area contributed by atoms with Crippen LogP contribution in [0, 0.1) is 0 Å². The summed E-state index contributed by atoms with van der Waals surface area (Å²) in [5.41, 5.74) is 0.652. The minimum absolute atomic E-state index is 0.159. The molecule has 0 radical (unpaired) electrons.